The van der Waals surface area contributed by atoms with E-state index in [0.717, 1.165) is 32.1 Å². The summed E-state index contributed by atoms with van der Waals surface area (Å²) < 4.78 is 11.1. The van der Waals surface area contributed by atoms with Gasteiger partial charge in [0.05, 0.1) is 0 Å². The molecule has 0 radical (unpaired) electrons. The van der Waals surface area contributed by atoms with E-state index in [1.165, 1.54) is 11.8 Å². The second kappa shape index (κ2) is 6.54. The molecule has 2 aliphatic carbocycles. The predicted molar refractivity (Wildman–Crippen MR) is 95.2 cm³/mol. The fraction of sp³-hybridized carbons (Fsp3) is 0.850. The highest BCUT2D eigenvalue weighted by molar-refractivity contribution is 5.93. The van der Waals surface area contributed by atoms with Crippen LogP contribution in [0.25, 0.3) is 0 Å². The Hall–Kier alpha value is -1.59. The Morgan fingerprint density at radius 2 is 1.85 bits per heavy atom. The van der Waals surface area contributed by atoms with Crippen LogP contribution in [-0.4, -0.2) is 40.6 Å². The monoisotopic (exact) mass is 365 g/mol. The van der Waals surface area contributed by atoms with Crippen LogP contribution in [0.4, 0.5) is 4.79 Å². The third kappa shape index (κ3) is 3.35. The summed E-state index contributed by atoms with van der Waals surface area (Å²) in [5.74, 6) is 0.273. The minimum atomic E-state index is -0.624. The Bertz CT molecular complexity index is 610. The van der Waals surface area contributed by atoms with Crippen molar-refractivity contribution >= 4 is 18.0 Å². The molecule has 1 saturated heterocycles. The highest BCUT2D eigenvalue weighted by Gasteiger charge is 2.58. The van der Waals surface area contributed by atoms with Gasteiger partial charge in [0, 0.05) is 24.8 Å². The maximum atomic E-state index is 12.7. The molecule has 146 valence electrons. The topological polar surface area (TPSA) is 72.9 Å². The number of hydrogen-bond acceptors (Lipinski definition) is 5. The number of hydrogen-bond donors (Lipinski definition) is 0. The van der Waals surface area contributed by atoms with Crippen molar-refractivity contribution < 1.29 is 23.9 Å². The highest BCUT2D eigenvalue weighted by Crippen LogP contribution is 2.58. The van der Waals surface area contributed by atoms with E-state index in [1.54, 1.807) is 0 Å². The molecule has 2 saturated carbocycles. The van der Waals surface area contributed by atoms with Crippen molar-refractivity contribution in [2.75, 3.05) is 0 Å². The number of fused-ring (bicyclic) bond motifs is 3. The van der Waals surface area contributed by atoms with Crippen LogP contribution in [0.3, 0.4) is 0 Å². The molecule has 0 bridgehead atoms. The van der Waals surface area contributed by atoms with Gasteiger partial charge in [0.2, 0.25) is 5.91 Å². The van der Waals surface area contributed by atoms with Gasteiger partial charge in [0.25, 0.3) is 0 Å². The molecule has 0 N–H and O–H groups in total. The summed E-state index contributed by atoms with van der Waals surface area (Å²) in [6, 6.07) is -0.0970. The average molecular weight is 365 g/mol. The second-order valence-electron chi connectivity index (χ2n) is 9.34. The van der Waals surface area contributed by atoms with E-state index in [1.807, 2.05) is 20.8 Å². The first-order valence-electron chi connectivity index (χ1n) is 9.75. The van der Waals surface area contributed by atoms with Crippen molar-refractivity contribution in [1.82, 2.24) is 4.90 Å². The van der Waals surface area contributed by atoms with Crippen molar-refractivity contribution in [3.05, 3.63) is 0 Å². The van der Waals surface area contributed by atoms with Gasteiger partial charge in [-0.25, -0.2) is 9.69 Å². The Morgan fingerprint density at radius 3 is 2.46 bits per heavy atom. The van der Waals surface area contributed by atoms with Gasteiger partial charge in [-0.15, -0.1) is 0 Å². The van der Waals surface area contributed by atoms with Gasteiger partial charge in [-0.1, -0.05) is 6.92 Å². The van der Waals surface area contributed by atoms with Crippen LogP contribution in [0.1, 0.15) is 73.1 Å². The number of esters is 1. The standard InChI is InChI=1S/C20H31NO5/c1-12(22)25-16-8-7-14-13-6-9-17(23)21(18(24)26-19(2,3)4)15(13)10-11-20(14,16)5/h13-16H,6-11H2,1-5H3/t13-,14?,15-,16-,20-/m0/s1. The molecule has 0 spiro atoms. The first-order valence-corrected chi connectivity index (χ1v) is 9.75. The maximum absolute atomic E-state index is 12.7. The van der Waals surface area contributed by atoms with E-state index < -0.39 is 11.7 Å². The normalized spacial score (nSPS) is 37.0. The van der Waals surface area contributed by atoms with Crippen LogP contribution < -0.4 is 0 Å². The predicted octanol–water partition coefficient (Wildman–Crippen LogP) is 3.67. The molecular weight excluding hydrogens is 334 g/mol. The summed E-state index contributed by atoms with van der Waals surface area (Å²) >= 11 is 0. The zero-order chi connectivity index (χ0) is 19.3. The summed E-state index contributed by atoms with van der Waals surface area (Å²) in [4.78, 5) is 38.1. The molecule has 3 rings (SSSR count). The SMILES string of the molecule is CC(=O)O[C@H]1CCC2[C@@H]3CCC(=O)N(C(=O)OC(C)(C)C)[C@H]3CC[C@@]21C. The Labute approximate surface area is 155 Å². The van der Waals surface area contributed by atoms with Crippen LogP contribution in [0.15, 0.2) is 0 Å². The largest absolute Gasteiger partial charge is 0.462 e. The first kappa shape index (κ1) is 19.2. The smallest absolute Gasteiger partial charge is 0.417 e. The fourth-order valence-electron chi connectivity index (χ4n) is 5.47. The zero-order valence-corrected chi connectivity index (χ0v) is 16.5. The number of carbonyl (C=O) groups is 3. The number of piperidine rings is 1. The molecule has 0 aromatic heterocycles. The molecule has 2 amide bonds. The maximum Gasteiger partial charge on any atom is 0.417 e. The lowest BCUT2D eigenvalue weighted by Gasteiger charge is -2.52. The average Bonchev–Trinajstić information content (AvgIpc) is 2.81. The molecule has 6 heteroatoms. The number of ether oxygens (including phenoxy) is 2. The van der Waals surface area contributed by atoms with Gasteiger partial charge in [0.1, 0.15) is 11.7 Å². The number of rotatable bonds is 1. The van der Waals surface area contributed by atoms with E-state index in [4.69, 9.17) is 9.47 Å². The number of imide groups is 1. The van der Waals surface area contributed by atoms with Gasteiger partial charge in [0.15, 0.2) is 0 Å². The van der Waals surface area contributed by atoms with Crippen LogP contribution >= 0.6 is 0 Å². The lowest BCUT2D eigenvalue weighted by molar-refractivity contribution is -0.157. The Kier molecular flexibility index (Phi) is 4.82. The first-order chi connectivity index (χ1) is 12.0. The van der Waals surface area contributed by atoms with Crippen LogP contribution in [0, 0.1) is 17.3 Å². The van der Waals surface area contributed by atoms with E-state index in [0.29, 0.717) is 12.3 Å². The minimum Gasteiger partial charge on any atom is -0.462 e. The van der Waals surface area contributed by atoms with E-state index in [9.17, 15) is 14.4 Å². The molecule has 6 nitrogen and oxygen atoms in total. The minimum absolute atomic E-state index is 0.0569. The van der Waals surface area contributed by atoms with Gasteiger partial charge in [-0.2, -0.15) is 0 Å². The Balaban J connectivity index is 1.81. The van der Waals surface area contributed by atoms with Gasteiger partial charge in [-0.05, 0) is 64.7 Å². The van der Waals surface area contributed by atoms with E-state index >= 15 is 0 Å². The molecule has 3 aliphatic rings. The van der Waals surface area contributed by atoms with Crippen molar-refractivity contribution in [3.63, 3.8) is 0 Å². The molecular formula is C20H31NO5. The van der Waals surface area contributed by atoms with E-state index in [2.05, 4.69) is 6.92 Å². The van der Waals surface area contributed by atoms with Gasteiger partial charge >= 0.3 is 12.1 Å². The molecule has 1 heterocycles. The molecule has 26 heavy (non-hydrogen) atoms. The van der Waals surface area contributed by atoms with Crippen LogP contribution in [0.5, 0.6) is 0 Å². The lowest BCUT2D eigenvalue weighted by Crippen LogP contribution is -2.59. The summed E-state index contributed by atoms with van der Waals surface area (Å²) in [6.07, 6.45) is 4.05. The fourth-order valence-corrected chi connectivity index (χ4v) is 5.47. The van der Waals surface area contributed by atoms with E-state index in [-0.39, 0.29) is 35.4 Å². The third-order valence-corrected chi connectivity index (χ3v) is 6.50. The molecule has 0 aromatic rings. The second-order valence-corrected chi connectivity index (χ2v) is 9.34. The summed E-state index contributed by atoms with van der Waals surface area (Å²) in [7, 11) is 0. The van der Waals surface area contributed by atoms with Crippen molar-refractivity contribution in [2.24, 2.45) is 17.3 Å². The number of carbonyl (C=O) groups excluding carboxylic acids is 3. The van der Waals surface area contributed by atoms with Crippen LogP contribution in [-0.2, 0) is 19.1 Å². The molecule has 5 atom stereocenters. The summed E-state index contributed by atoms with van der Waals surface area (Å²) in [6.45, 7) is 9.12. The van der Waals surface area contributed by atoms with Crippen molar-refractivity contribution in [2.45, 2.75) is 90.9 Å². The molecule has 1 unspecified atom stereocenters. The highest BCUT2D eigenvalue weighted by atomic mass is 16.6. The van der Waals surface area contributed by atoms with Crippen molar-refractivity contribution in [3.8, 4) is 0 Å². The quantitative estimate of drug-likeness (QED) is 0.663. The third-order valence-electron chi connectivity index (χ3n) is 6.50. The molecule has 3 fully saturated rings. The van der Waals surface area contributed by atoms with Gasteiger partial charge < -0.3 is 9.47 Å². The summed E-state index contributed by atoms with van der Waals surface area (Å²) in [5.41, 5.74) is -0.686. The van der Waals surface area contributed by atoms with Crippen LogP contribution in [0.2, 0.25) is 0 Å². The number of likely N-dealkylation sites (tertiary alicyclic amines) is 1. The van der Waals surface area contributed by atoms with Gasteiger partial charge in [-0.3, -0.25) is 9.59 Å². The Morgan fingerprint density at radius 1 is 1.15 bits per heavy atom. The summed E-state index contributed by atoms with van der Waals surface area (Å²) in [5, 5.41) is 0. The molecule has 0 aromatic carbocycles. The lowest BCUT2D eigenvalue weighted by atomic mass is 9.59. The van der Waals surface area contributed by atoms with Crippen molar-refractivity contribution in [1.29, 1.82) is 0 Å². The zero-order valence-electron chi connectivity index (χ0n) is 16.5. The molecule has 1 aliphatic heterocycles. The number of amides is 2. The number of nitrogens with zero attached hydrogens (tertiary/aromatic N) is 1.